The number of aromatic nitrogens is 3. The molecule has 5 nitrogen and oxygen atoms in total. The largest absolute Gasteiger partial charge is 0.291 e. The highest BCUT2D eigenvalue weighted by molar-refractivity contribution is 5.80. The lowest BCUT2D eigenvalue weighted by atomic mass is 10.3. The van der Waals surface area contributed by atoms with Gasteiger partial charge in [0, 0.05) is 6.20 Å². The van der Waals surface area contributed by atoms with Crippen LogP contribution in [0.5, 0.6) is 0 Å². The molecule has 0 saturated heterocycles. The van der Waals surface area contributed by atoms with Crippen LogP contribution >= 0.6 is 0 Å². The number of fused-ring (bicyclic) bond motifs is 3. The fraction of sp³-hybridized carbons (Fsp3) is 0.0909. The summed E-state index contributed by atoms with van der Waals surface area (Å²) in [6, 6.07) is 5.73. The number of nitrogens with zero attached hydrogens (tertiary/aromatic N) is 3. The predicted molar refractivity (Wildman–Crippen MR) is 60.6 cm³/mol. The number of hydrogen-bond donors (Lipinski definition) is 2. The van der Waals surface area contributed by atoms with Gasteiger partial charge in [-0.25, -0.2) is 9.97 Å². The average Bonchev–Trinajstić information content (AvgIpc) is 2.68. The minimum atomic E-state index is 0.536. The van der Waals surface area contributed by atoms with E-state index >= 15 is 0 Å². The quantitative estimate of drug-likeness (QED) is 0.608. The van der Waals surface area contributed by atoms with Gasteiger partial charge < -0.3 is 0 Å². The molecule has 3 aromatic rings. The van der Waals surface area contributed by atoms with Crippen LogP contribution in [0, 0.1) is 6.92 Å². The fourth-order valence-corrected chi connectivity index (χ4v) is 1.81. The Morgan fingerprint density at radius 2 is 2.25 bits per heavy atom. The first-order valence-corrected chi connectivity index (χ1v) is 4.93. The Hall–Kier alpha value is -2.14. The minimum Gasteiger partial charge on any atom is -0.291 e. The number of imidazole rings is 1. The van der Waals surface area contributed by atoms with Crippen molar-refractivity contribution >= 4 is 22.5 Å². The smallest absolute Gasteiger partial charge is 0.164 e. The van der Waals surface area contributed by atoms with Crippen LogP contribution in [0.2, 0.25) is 0 Å². The number of pyridine rings is 2. The zero-order chi connectivity index (χ0) is 11.1. The maximum atomic E-state index is 8.80. The van der Waals surface area contributed by atoms with Gasteiger partial charge in [0.25, 0.3) is 0 Å². The molecule has 16 heavy (non-hydrogen) atoms. The molecule has 0 aliphatic rings. The van der Waals surface area contributed by atoms with Crippen LogP contribution in [0.25, 0.3) is 16.8 Å². The zero-order valence-corrected chi connectivity index (χ0v) is 8.68. The minimum absolute atomic E-state index is 0.536. The van der Waals surface area contributed by atoms with Crippen molar-refractivity contribution in [3.63, 3.8) is 0 Å². The molecule has 0 saturated carbocycles. The maximum absolute atomic E-state index is 8.80. The monoisotopic (exact) mass is 214 g/mol. The van der Waals surface area contributed by atoms with Crippen molar-refractivity contribution < 1.29 is 5.21 Å². The topological polar surface area (TPSA) is 62.5 Å². The molecule has 0 aromatic carbocycles. The number of nitrogens with one attached hydrogen (secondary N) is 1. The lowest BCUT2D eigenvalue weighted by Crippen LogP contribution is -1.91. The third-order valence-corrected chi connectivity index (χ3v) is 2.59. The van der Waals surface area contributed by atoms with Gasteiger partial charge in [-0.05, 0) is 24.6 Å². The van der Waals surface area contributed by atoms with Gasteiger partial charge in [0.1, 0.15) is 11.2 Å². The standard InChI is InChI=1S/C11H10N4O/c1-7-3-2-4-15-10(7)13-9-5-8(14-16)6-12-11(9)15/h2-6,14,16H,1H3. The Morgan fingerprint density at radius 3 is 3.06 bits per heavy atom. The second kappa shape index (κ2) is 3.18. The summed E-state index contributed by atoms with van der Waals surface area (Å²) >= 11 is 0. The van der Waals surface area contributed by atoms with E-state index in [0.717, 1.165) is 22.4 Å². The summed E-state index contributed by atoms with van der Waals surface area (Å²) in [7, 11) is 0. The van der Waals surface area contributed by atoms with E-state index in [9.17, 15) is 0 Å². The number of rotatable bonds is 1. The highest BCUT2D eigenvalue weighted by Gasteiger charge is 2.07. The summed E-state index contributed by atoms with van der Waals surface area (Å²) in [6.07, 6.45) is 3.50. The molecule has 3 heterocycles. The molecule has 3 rings (SSSR count). The van der Waals surface area contributed by atoms with Crippen molar-refractivity contribution in [2.75, 3.05) is 5.48 Å². The van der Waals surface area contributed by atoms with Gasteiger partial charge in [-0.3, -0.25) is 15.1 Å². The molecule has 2 N–H and O–H groups in total. The predicted octanol–water partition coefficient (Wildman–Crippen LogP) is 1.99. The van der Waals surface area contributed by atoms with Crippen molar-refractivity contribution in [2.24, 2.45) is 0 Å². The second-order valence-electron chi connectivity index (χ2n) is 3.68. The van der Waals surface area contributed by atoms with Crippen molar-refractivity contribution in [3.05, 3.63) is 36.2 Å². The van der Waals surface area contributed by atoms with E-state index in [2.05, 4.69) is 15.4 Å². The first-order valence-electron chi connectivity index (χ1n) is 4.93. The van der Waals surface area contributed by atoms with Gasteiger partial charge in [0.2, 0.25) is 0 Å². The SMILES string of the molecule is Cc1cccn2c1nc1cc(NO)cnc12. The first kappa shape index (κ1) is 9.11. The Morgan fingerprint density at radius 1 is 1.38 bits per heavy atom. The molecule has 0 fully saturated rings. The van der Waals surface area contributed by atoms with Crippen LogP contribution in [-0.4, -0.2) is 19.6 Å². The molecule has 0 unspecified atom stereocenters. The fourth-order valence-electron chi connectivity index (χ4n) is 1.81. The van der Waals surface area contributed by atoms with Crippen LogP contribution < -0.4 is 5.48 Å². The van der Waals surface area contributed by atoms with Crippen molar-refractivity contribution in [3.8, 4) is 0 Å². The van der Waals surface area contributed by atoms with Crippen LogP contribution in [-0.2, 0) is 0 Å². The normalized spacial score (nSPS) is 11.1. The van der Waals surface area contributed by atoms with E-state index in [1.807, 2.05) is 29.7 Å². The van der Waals surface area contributed by atoms with Gasteiger partial charge in [0.15, 0.2) is 5.65 Å². The van der Waals surface area contributed by atoms with E-state index in [0.29, 0.717) is 5.69 Å². The lowest BCUT2D eigenvalue weighted by Gasteiger charge is -1.97. The van der Waals surface area contributed by atoms with Crippen molar-refractivity contribution in [2.45, 2.75) is 6.92 Å². The second-order valence-corrected chi connectivity index (χ2v) is 3.68. The summed E-state index contributed by atoms with van der Waals surface area (Å²) in [6.45, 7) is 2.01. The average molecular weight is 214 g/mol. The van der Waals surface area contributed by atoms with Crippen LogP contribution in [0.1, 0.15) is 5.56 Å². The Balaban J connectivity index is 2.45. The third kappa shape index (κ3) is 1.15. The zero-order valence-electron chi connectivity index (χ0n) is 8.68. The summed E-state index contributed by atoms with van der Waals surface area (Å²) in [5, 5.41) is 8.80. The lowest BCUT2D eigenvalue weighted by molar-refractivity contribution is 0.389. The van der Waals surface area contributed by atoms with E-state index in [1.54, 1.807) is 12.3 Å². The number of hydrogen-bond acceptors (Lipinski definition) is 4. The molecule has 0 atom stereocenters. The Kier molecular flexibility index (Phi) is 1.81. The first-order chi connectivity index (χ1) is 7.79. The van der Waals surface area contributed by atoms with Crippen molar-refractivity contribution in [1.29, 1.82) is 0 Å². The summed E-state index contributed by atoms with van der Waals surface area (Å²) in [5.41, 5.74) is 6.13. The van der Waals surface area contributed by atoms with Crippen LogP contribution in [0.3, 0.4) is 0 Å². The Labute approximate surface area is 91.3 Å². The summed E-state index contributed by atoms with van der Waals surface area (Å²) < 4.78 is 1.94. The molecule has 0 aliphatic heterocycles. The molecule has 0 spiro atoms. The van der Waals surface area contributed by atoms with Crippen molar-refractivity contribution in [1.82, 2.24) is 14.4 Å². The molecule has 3 aromatic heterocycles. The van der Waals surface area contributed by atoms with Gasteiger partial charge in [-0.2, -0.15) is 0 Å². The molecule has 0 bridgehead atoms. The van der Waals surface area contributed by atoms with Gasteiger partial charge in [0.05, 0.1) is 11.9 Å². The summed E-state index contributed by atoms with van der Waals surface area (Å²) in [5.74, 6) is 0. The molecule has 5 heteroatoms. The van der Waals surface area contributed by atoms with Crippen LogP contribution in [0.4, 0.5) is 5.69 Å². The molecule has 0 aliphatic carbocycles. The highest BCUT2D eigenvalue weighted by atomic mass is 16.5. The molecule has 0 radical (unpaired) electrons. The molecule has 80 valence electrons. The van der Waals surface area contributed by atoms with E-state index in [4.69, 9.17) is 5.21 Å². The van der Waals surface area contributed by atoms with Gasteiger partial charge in [-0.15, -0.1) is 0 Å². The van der Waals surface area contributed by atoms with E-state index < -0.39 is 0 Å². The van der Waals surface area contributed by atoms with Crippen LogP contribution in [0.15, 0.2) is 30.6 Å². The Bertz CT molecular complexity index is 674. The van der Waals surface area contributed by atoms with Gasteiger partial charge >= 0.3 is 0 Å². The number of anilines is 1. The number of aryl methyl sites for hydroxylation is 1. The highest BCUT2D eigenvalue weighted by Crippen LogP contribution is 2.19. The van der Waals surface area contributed by atoms with E-state index in [-0.39, 0.29) is 0 Å². The molecule has 0 amide bonds. The van der Waals surface area contributed by atoms with Gasteiger partial charge in [-0.1, -0.05) is 6.07 Å². The molecular weight excluding hydrogens is 204 g/mol. The third-order valence-electron chi connectivity index (χ3n) is 2.59. The summed E-state index contributed by atoms with van der Waals surface area (Å²) in [4.78, 5) is 8.73. The maximum Gasteiger partial charge on any atom is 0.164 e. The van der Waals surface area contributed by atoms with E-state index in [1.165, 1.54) is 0 Å². The molecular formula is C11H10N4O.